The Bertz CT molecular complexity index is 1460. The van der Waals surface area contributed by atoms with Gasteiger partial charge in [-0.25, -0.2) is 0 Å². The van der Waals surface area contributed by atoms with E-state index in [2.05, 4.69) is 16.3 Å². The van der Waals surface area contributed by atoms with Crippen molar-refractivity contribution in [1.82, 2.24) is 14.8 Å². The number of nitro groups is 1. The maximum atomic E-state index is 11.6. The van der Waals surface area contributed by atoms with Crippen molar-refractivity contribution in [2.45, 2.75) is 30.9 Å². The molecular formula is C26H21Cl2N5O3S. The van der Waals surface area contributed by atoms with Crippen LogP contribution in [0.5, 0.6) is 5.75 Å². The first-order valence-electron chi connectivity index (χ1n) is 11.1. The summed E-state index contributed by atoms with van der Waals surface area (Å²) in [5.41, 5.74) is 3.69. The Morgan fingerprint density at radius 3 is 2.43 bits per heavy atom. The van der Waals surface area contributed by atoms with Gasteiger partial charge in [0.15, 0.2) is 10.9 Å². The summed E-state index contributed by atoms with van der Waals surface area (Å²) in [6.07, 6.45) is 0. The van der Waals surface area contributed by atoms with Crippen molar-refractivity contribution in [2.24, 2.45) is 0 Å². The maximum Gasteiger partial charge on any atom is 0.220 e. The number of aromatic nitrogens is 3. The number of ether oxygens (including phenoxy) is 1. The van der Waals surface area contributed by atoms with Crippen molar-refractivity contribution >= 4 is 35.0 Å². The molecule has 4 aromatic rings. The van der Waals surface area contributed by atoms with Gasteiger partial charge in [0.2, 0.25) is 6.54 Å². The molecule has 0 aliphatic heterocycles. The number of hydrogen-bond donors (Lipinski definition) is 0. The Morgan fingerprint density at radius 2 is 1.78 bits per heavy atom. The summed E-state index contributed by atoms with van der Waals surface area (Å²) in [6, 6.07) is 20.2. The van der Waals surface area contributed by atoms with Crippen molar-refractivity contribution < 1.29 is 9.66 Å². The second-order valence-electron chi connectivity index (χ2n) is 8.19. The molecule has 0 amide bonds. The van der Waals surface area contributed by atoms with E-state index in [1.165, 1.54) is 11.8 Å². The smallest absolute Gasteiger partial charge is 0.220 e. The number of nitriles is 1. The number of aryl methyl sites for hydroxylation is 2. The van der Waals surface area contributed by atoms with Crippen molar-refractivity contribution in [1.29, 1.82) is 5.26 Å². The third-order valence-electron chi connectivity index (χ3n) is 5.55. The Morgan fingerprint density at radius 1 is 1.11 bits per heavy atom. The third kappa shape index (κ3) is 6.23. The van der Waals surface area contributed by atoms with Crippen LogP contribution in [0.2, 0.25) is 10.0 Å². The molecule has 0 radical (unpaired) electrons. The maximum absolute atomic E-state index is 11.6. The average Bonchev–Trinajstić information content (AvgIpc) is 3.23. The lowest BCUT2D eigenvalue weighted by atomic mass is 10.1. The number of benzene rings is 3. The van der Waals surface area contributed by atoms with Gasteiger partial charge in [0.05, 0.1) is 21.7 Å². The molecule has 0 N–H and O–H groups in total. The van der Waals surface area contributed by atoms with Crippen molar-refractivity contribution in [3.05, 3.63) is 109 Å². The number of thioether (sulfide) groups is 1. The Balaban J connectivity index is 1.62. The Labute approximate surface area is 228 Å². The topological polar surface area (TPSA) is 107 Å². The lowest BCUT2D eigenvalue weighted by Crippen LogP contribution is -2.11. The van der Waals surface area contributed by atoms with Crippen LogP contribution in [-0.2, 0) is 6.61 Å². The first-order chi connectivity index (χ1) is 17.8. The van der Waals surface area contributed by atoms with Crippen LogP contribution in [0.15, 0.2) is 65.8 Å². The van der Waals surface area contributed by atoms with Crippen LogP contribution < -0.4 is 4.74 Å². The standard InChI is InChI=1S/C26H21Cl2N5O3S/c1-16-7-9-21(10-8-16)33-17(2)30-31-26(33)37-24(14-32(34)35)20-11-22(27)25(23(28)12-20)36-15-19-6-4-3-5-18(19)13-29/h3-12,24H,14-15H2,1-2H3/t24-/m1/s1. The zero-order valence-electron chi connectivity index (χ0n) is 19.9. The van der Waals surface area contributed by atoms with Gasteiger partial charge in [-0.05, 0) is 49.7 Å². The summed E-state index contributed by atoms with van der Waals surface area (Å²) in [4.78, 5) is 11.2. The van der Waals surface area contributed by atoms with Crippen molar-refractivity contribution in [3.63, 3.8) is 0 Å². The summed E-state index contributed by atoms with van der Waals surface area (Å²) < 4.78 is 7.69. The summed E-state index contributed by atoms with van der Waals surface area (Å²) >= 11 is 14.2. The van der Waals surface area contributed by atoms with Gasteiger partial charge in [0.25, 0.3) is 0 Å². The molecule has 0 bridgehead atoms. The summed E-state index contributed by atoms with van der Waals surface area (Å²) in [6.45, 7) is 3.53. The number of nitrogens with zero attached hydrogens (tertiary/aromatic N) is 5. The zero-order valence-corrected chi connectivity index (χ0v) is 22.2. The minimum absolute atomic E-state index is 0.0918. The minimum atomic E-state index is -0.647. The normalized spacial score (nSPS) is 11.6. The van der Waals surface area contributed by atoms with E-state index in [4.69, 9.17) is 27.9 Å². The van der Waals surface area contributed by atoms with Crippen LogP contribution in [0.4, 0.5) is 0 Å². The Hall–Kier alpha value is -3.58. The predicted octanol–water partition coefficient (Wildman–Crippen LogP) is 6.75. The zero-order chi connectivity index (χ0) is 26.5. The molecule has 0 spiro atoms. The third-order valence-corrected chi connectivity index (χ3v) is 7.29. The number of hydrogen-bond acceptors (Lipinski definition) is 7. The molecule has 0 unspecified atom stereocenters. The highest BCUT2D eigenvalue weighted by atomic mass is 35.5. The first-order valence-corrected chi connectivity index (χ1v) is 12.8. The number of rotatable bonds is 9. The van der Waals surface area contributed by atoms with Crippen molar-refractivity contribution in [2.75, 3.05) is 6.54 Å². The van der Waals surface area contributed by atoms with E-state index in [0.717, 1.165) is 11.3 Å². The van der Waals surface area contributed by atoms with E-state index in [1.54, 1.807) is 30.3 Å². The van der Waals surface area contributed by atoms with E-state index in [9.17, 15) is 15.4 Å². The quantitative estimate of drug-likeness (QED) is 0.128. The lowest BCUT2D eigenvalue weighted by Gasteiger charge is -2.17. The van der Waals surface area contributed by atoms with E-state index in [0.29, 0.717) is 27.7 Å². The molecule has 1 atom stereocenters. The molecule has 188 valence electrons. The molecule has 1 heterocycles. The fraction of sp³-hybridized carbons (Fsp3) is 0.192. The van der Waals surface area contributed by atoms with Gasteiger partial charge >= 0.3 is 0 Å². The second-order valence-corrected chi connectivity index (χ2v) is 10.2. The fourth-order valence-electron chi connectivity index (χ4n) is 3.69. The largest absolute Gasteiger partial charge is 0.486 e. The van der Waals surface area contributed by atoms with Crippen LogP contribution in [0.25, 0.3) is 5.69 Å². The Kier molecular flexibility index (Phi) is 8.34. The van der Waals surface area contributed by atoms with Gasteiger partial charge < -0.3 is 4.74 Å². The molecule has 0 aliphatic carbocycles. The highest BCUT2D eigenvalue weighted by Gasteiger charge is 2.26. The summed E-state index contributed by atoms with van der Waals surface area (Å²) in [5, 5.41) is 29.6. The van der Waals surface area contributed by atoms with Crippen LogP contribution in [0, 0.1) is 35.3 Å². The molecule has 4 rings (SSSR count). The first kappa shape index (κ1) is 26.5. The highest BCUT2D eigenvalue weighted by molar-refractivity contribution is 7.99. The van der Waals surface area contributed by atoms with E-state index in [-0.39, 0.29) is 33.9 Å². The van der Waals surface area contributed by atoms with Gasteiger partial charge in [-0.1, -0.05) is 70.9 Å². The number of halogens is 2. The molecule has 8 nitrogen and oxygen atoms in total. The van der Waals surface area contributed by atoms with Crippen LogP contribution in [0.3, 0.4) is 0 Å². The summed E-state index contributed by atoms with van der Waals surface area (Å²) in [7, 11) is 0. The molecule has 0 aliphatic rings. The molecular weight excluding hydrogens is 533 g/mol. The van der Waals surface area contributed by atoms with Crippen LogP contribution in [0.1, 0.15) is 33.3 Å². The summed E-state index contributed by atoms with van der Waals surface area (Å²) in [5.74, 6) is 0.895. The minimum Gasteiger partial charge on any atom is -0.486 e. The monoisotopic (exact) mass is 553 g/mol. The van der Waals surface area contributed by atoms with Crippen LogP contribution in [-0.4, -0.2) is 26.2 Å². The molecule has 11 heteroatoms. The van der Waals surface area contributed by atoms with Gasteiger partial charge in [-0.3, -0.25) is 14.7 Å². The van der Waals surface area contributed by atoms with Gasteiger partial charge in [-0.2, -0.15) is 5.26 Å². The van der Waals surface area contributed by atoms with Gasteiger partial charge in [0, 0.05) is 16.2 Å². The molecule has 0 saturated carbocycles. The predicted molar refractivity (Wildman–Crippen MR) is 143 cm³/mol. The highest BCUT2D eigenvalue weighted by Crippen LogP contribution is 2.42. The lowest BCUT2D eigenvalue weighted by molar-refractivity contribution is -0.479. The molecule has 3 aromatic carbocycles. The average molecular weight is 554 g/mol. The molecule has 0 saturated heterocycles. The van der Waals surface area contributed by atoms with E-state index < -0.39 is 5.25 Å². The van der Waals surface area contributed by atoms with Crippen molar-refractivity contribution in [3.8, 4) is 17.5 Å². The van der Waals surface area contributed by atoms with Gasteiger partial charge in [0.1, 0.15) is 17.7 Å². The molecule has 0 fully saturated rings. The van der Waals surface area contributed by atoms with E-state index >= 15 is 0 Å². The van der Waals surface area contributed by atoms with Gasteiger partial charge in [-0.15, -0.1) is 10.2 Å². The SMILES string of the molecule is Cc1ccc(-n2c(C)nnc2S[C@H](C[N+](=O)[O-])c2cc(Cl)c(OCc3ccccc3C#N)c(Cl)c2)cc1. The second kappa shape index (κ2) is 11.6. The molecule has 1 aromatic heterocycles. The van der Waals surface area contributed by atoms with E-state index in [1.807, 2.05) is 48.7 Å². The van der Waals surface area contributed by atoms with Crippen LogP contribution >= 0.6 is 35.0 Å². The molecule has 37 heavy (non-hydrogen) atoms. The fourth-order valence-corrected chi connectivity index (χ4v) is 5.46.